The maximum absolute atomic E-state index is 12.9. The zero-order chi connectivity index (χ0) is 30.3. The Bertz CT molecular complexity index is 1310. The van der Waals surface area contributed by atoms with E-state index in [0.29, 0.717) is 44.7 Å². The average Bonchev–Trinajstić information content (AvgIpc) is 3.25. The molecule has 1 aromatic carbocycles. The molecular weight excluding hydrogens is 540 g/mol. The number of rotatable bonds is 8. The number of carbonyl (C=O) groups excluding carboxylic acids is 4. The van der Waals surface area contributed by atoms with Gasteiger partial charge >= 0.3 is 6.09 Å². The van der Waals surface area contributed by atoms with Gasteiger partial charge in [0, 0.05) is 54.1 Å². The van der Waals surface area contributed by atoms with Crippen LogP contribution in [0, 0.1) is 11.8 Å². The van der Waals surface area contributed by atoms with Crippen molar-refractivity contribution in [1.82, 2.24) is 15.1 Å². The summed E-state index contributed by atoms with van der Waals surface area (Å²) in [4.78, 5) is 55.6. The Kier molecular flexibility index (Phi) is 10.1. The number of azide groups is 1. The van der Waals surface area contributed by atoms with Gasteiger partial charge in [0.15, 0.2) is 0 Å². The second kappa shape index (κ2) is 13.7. The van der Waals surface area contributed by atoms with E-state index in [-0.39, 0.29) is 36.4 Å². The molecule has 4 amide bonds. The third-order valence-corrected chi connectivity index (χ3v) is 7.55. The molecule has 12 heteroatoms. The van der Waals surface area contributed by atoms with E-state index in [0.717, 1.165) is 36.8 Å². The van der Waals surface area contributed by atoms with Crippen molar-refractivity contribution in [3.63, 3.8) is 0 Å². The largest absolute Gasteiger partial charge is 0.444 e. The predicted octanol–water partition coefficient (Wildman–Crippen LogP) is 4.06. The number of nitrogens with zero attached hydrogens (tertiary/aromatic N) is 5. The number of hydrogen-bond donors (Lipinski definition) is 1. The maximum atomic E-state index is 12.9. The molecule has 1 atom stereocenters. The van der Waals surface area contributed by atoms with Gasteiger partial charge in [-0.3, -0.25) is 19.7 Å². The van der Waals surface area contributed by atoms with Gasteiger partial charge in [-0.25, -0.2) is 4.79 Å². The fourth-order valence-electron chi connectivity index (χ4n) is 5.51. The molecule has 4 rings (SSSR count). The summed E-state index contributed by atoms with van der Waals surface area (Å²) in [5.41, 5.74) is 10.2. The minimum Gasteiger partial charge on any atom is -0.444 e. The highest BCUT2D eigenvalue weighted by molar-refractivity contribution is 6.05. The van der Waals surface area contributed by atoms with E-state index >= 15 is 0 Å². The third-order valence-electron chi connectivity index (χ3n) is 7.55. The van der Waals surface area contributed by atoms with Crippen molar-refractivity contribution in [2.45, 2.75) is 96.0 Å². The number of amides is 4. The van der Waals surface area contributed by atoms with E-state index < -0.39 is 17.6 Å². The van der Waals surface area contributed by atoms with Crippen molar-refractivity contribution in [2.75, 3.05) is 19.8 Å². The zero-order valence-electron chi connectivity index (χ0n) is 24.4. The minimum atomic E-state index is -0.645. The highest BCUT2D eigenvalue weighted by atomic mass is 16.6. The van der Waals surface area contributed by atoms with E-state index in [9.17, 15) is 19.2 Å². The Hall–Kier alpha value is -4.07. The molecule has 12 nitrogen and oxygen atoms in total. The molecule has 1 unspecified atom stereocenters. The standard InChI is InChI=1S/C30H38N6O6/c1-30(2,3)42-29(40)35(23-10-8-22(9-11-23)33-34-31)15-17-41-16-5-4-6-20-7-12-24-21(18-20)19-36(28(24)39)25-13-14-26(37)32-27(25)38/h7,12,18,22-23,25H,5,8-11,13-17,19H2,1-3H3,(H,32,37,38)/t22-,23+,25?. The normalized spacial score (nSPS) is 21.9. The van der Waals surface area contributed by atoms with E-state index in [1.165, 1.54) is 4.90 Å². The molecule has 2 aliphatic heterocycles. The van der Waals surface area contributed by atoms with Crippen LogP contribution in [0.4, 0.5) is 4.79 Å². The van der Waals surface area contributed by atoms with Crippen LogP contribution in [-0.4, -0.2) is 77.1 Å². The Labute approximate surface area is 245 Å². The highest BCUT2D eigenvalue weighted by Gasteiger charge is 2.39. The molecule has 0 bridgehead atoms. The smallest absolute Gasteiger partial charge is 0.410 e. The predicted molar refractivity (Wildman–Crippen MR) is 153 cm³/mol. The van der Waals surface area contributed by atoms with Crippen LogP contribution in [0.1, 0.15) is 87.2 Å². The second-order valence-corrected chi connectivity index (χ2v) is 11.8. The molecule has 1 aromatic rings. The summed E-state index contributed by atoms with van der Waals surface area (Å²) >= 11 is 0. The fourth-order valence-corrected chi connectivity index (χ4v) is 5.51. The number of nitrogens with one attached hydrogen (secondary N) is 1. The SMILES string of the molecule is CC(C)(C)OC(=O)N(CCOCCC#Cc1ccc2c(c1)CN(C1CCC(=O)NC1=O)C2=O)[C@H]1CC[C@@H](N=[N+]=[N-])CC1. The summed E-state index contributed by atoms with van der Waals surface area (Å²) in [6.07, 6.45) is 3.61. The van der Waals surface area contributed by atoms with Crippen LogP contribution in [0.3, 0.4) is 0 Å². The molecule has 0 radical (unpaired) electrons. The lowest BCUT2D eigenvalue weighted by molar-refractivity contribution is -0.136. The lowest BCUT2D eigenvalue weighted by atomic mass is 9.91. The molecule has 3 aliphatic rings. The van der Waals surface area contributed by atoms with E-state index in [4.69, 9.17) is 15.0 Å². The van der Waals surface area contributed by atoms with Crippen molar-refractivity contribution in [2.24, 2.45) is 5.11 Å². The van der Waals surface area contributed by atoms with Crippen LogP contribution in [-0.2, 0) is 25.6 Å². The molecule has 2 heterocycles. The zero-order valence-corrected chi connectivity index (χ0v) is 24.4. The molecule has 1 saturated carbocycles. The van der Waals surface area contributed by atoms with Crippen molar-refractivity contribution in [3.05, 3.63) is 45.3 Å². The third kappa shape index (κ3) is 8.02. The molecule has 0 aromatic heterocycles. The quantitative estimate of drug-likeness (QED) is 0.123. The number of hydrogen-bond acceptors (Lipinski definition) is 7. The molecule has 1 saturated heterocycles. The molecule has 0 spiro atoms. The molecule has 2 fully saturated rings. The van der Waals surface area contributed by atoms with Gasteiger partial charge in [0.25, 0.3) is 5.91 Å². The van der Waals surface area contributed by atoms with Gasteiger partial charge in [-0.1, -0.05) is 17.0 Å². The van der Waals surface area contributed by atoms with Crippen LogP contribution in [0.25, 0.3) is 10.4 Å². The summed E-state index contributed by atoms with van der Waals surface area (Å²) in [5.74, 6) is 5.24. The molecule has 1 aliphatic carbocycles. The molecule has 42 heavy (non-hydrogen) atoms. The molecule has 224 valence electrons. The summed E-state index contributed by atoms with van der Waals surface area (Å²) in [7, 11) is 0. The Morgan fingerprint density at radius 1 is 1.17 bits per heavy atom. The topological polar surface area (TPSA) is 154 Å². The first-order chi connectivity index (χ1) is 20.1. The van der Waals surface area contributed by atoms with Crippen molar-refractivity contribution >= 4 is 23.8 Å². The average molecular weight is 579 g/mol. The van der Waals surface area contributed by atoms with Crippen LogP contribution >= 0.6 is 0 Å². The number of carbonyl (C=O) groups is 4. The monoisotopic (exact) mass is 578 g/mol. The van der Waals surface area contributed by atoms with E-state index in [2.05, 4.69) is 27.2 Å². The Morgan fingerprint density at radius 2 is 1.93 bits per heavy atom. The first kappa shape index (κ1) is 30.9. The van der Waals surface area contributed by atoms with Crippen molar-refractivity contribution < 1.29 is 28.7 Å². The number of fused-ring (bicyclic) bond motifs is 1. The lowest BCUT2D eigenvalue weighted by Gasteiger charge is -2.36. The van der Waals surface area contributed by atoms with Gasteiger partial charge in [-0.15, -0.1) is 0 Å². The van der Waals surface area contributed by atoms with E-state index in [1.54, 1.807) is 17.0 Å². The summed E-state index contributed by atoms with van der Waals surface area (Å²) < 4.78 is 11.4. The van der Waals surface area contributed by atoms with Crippen molar-refractivity contribution in [1.29, 1.82) is 0 Å². The van der Waals surface area contributed by atoms with Crippen LogP contribution < -0.4 is 5.32 Å². The van der Waals surface area contributed by atoms with Crippen LogP contribution in [0.5, 0.6) is 0 Å². The van der Waals surface area contributed by atoms with Gasteiger partial charge < -0.3 is 19.3 Å². The number of imide groups is 1. The van der Waals surface area contributed by atoms with Crippen LogP contribution in [0.15, 0.2) is 23.3 Å². The number of piperidine rings is 1. The van der Waals surface area contributed by atoms with Crippen LogP contribution in [0.2, 0.25) is 0 Å². The first-order valence-corrected chi connectivity index (χ1v) is 14.4. The second-order valence-electron chi connectivity index (χ2n) is 11.8. The molecular formula is C30H38N6O6. The number of benzene rings is 1. The van der Waals surface area contributed by atoms with Gasteiger partial charge in [0.1, 0.15) is 11.6 Å². The van der Waals surface area contributed by atoms with Gasteiger partial charge in [0.05, 0.1) is 13.2 Å². The van der Waals surface area contributed by atoms with Gasteiger partial charge in [0.2, 0.25) is 11.8 Å². The van der Waals surface area contributed by atoms with Gasteiger partial charge in [-0.2, -0.15) is 0 Å². The summed E-state index contributed by atoms with van der Waals surface area (Å²) in [6, 6.07) is 4.71. The molecule has 1 N–H and O–H groups in total. The summed E-state index contributed by atoms with van der Waals surface area (Å²) in [6.45, 7) is 6.94. The van der Waals surface area contributed by atoms with Crippen molar-refractivity contribution in [3.8, 4) is 11.8 Å². The maximum Gasteiger partial charge on any atom is 0.410 e. The van der Waals surface area contributed by atoms with Gasteiger partial charge in [-0.05, 0) is 82.2 Å². The lowest BCUT2D eigenvalue weighted by Crippen LogP contribution is -2.52. The minimum absolute atomic E-state index is 0.00554. The Balaban J connectivity index is 1.25. The Morgan fingerprint density at radius 3 is 2.62 bits per heavy atom. The summed E-state index contributed by atoms with van der Waals surface area (Å²) in [5, 5.41) is 6.13. The fraction of sp³-hybridized carbons (Fsp3) is 0.600. The first-order valence-electron chi connectivity index (χ1n) is 14.4. The number of ether oxygens (including phenoxy) is 2. The van der Waals surface area contributed by atoms with E-state index in [1.807, 2.05) is 26.8 Å². The highest BCUT2D eigenvalue weighted by Crippen LogP contribution is 2.29.